The van der Waals surface area contributed by atoms with Gasteiger partial charge in [0.15, 0.2) is 0 Å². The number of hydrogen-bond donors (Lipinski definition) is 2. The van der Waals surface area contributed by atoms with E-state index in [2.05, 4.69) is 5.32 Å². The van der Waals surface area contributed by atoms with E-state index in [9.17, 15) is 28.4 Å². The molecule has 1 fully saturated rings. The molecular weight excluding hydrogens is 323 g/mol. The molecule has 10 heteroatoms. The van der Waals surface area contributed by atoms with Gasteiger partial charge in [-0.1, -0.05) is 0 Å². The number of halogens is 1. The summed E-state index contributed by atoms with van der Waals surface area (Å²) in [5, 5.41) is 2.42. The first-order chi connectivity index (χ1) is 11.4. The summed E-state index contributed by atoms with van der Waals surface area (Å²) in [6.45, 7) is 0.587. The number of H-pyrrole nitrogens is 1. The molecular formula is C14H17FN4O5. The van der Waals surface area contributed by atoms with Crippen molar-refractivity contribution in [2.75, 3.05) is 13.1 Å². The molecule has 2 rings (SSSR count). The minimum atomic E-state index is -1.23. The molecule has 1 aromatic heterocycles. The van der Waals surface area contributed by atoms with E-state index in [1.54, 1.807) is 4.98 Å². The number of carbonyl (C=O) groups is 3. The molecule has 2 heterocycles. The molecule has 3 amide bonds. The Kier molecular flexibility index (Phi) is 5.61. The van der Waals surface area contributed by atoms with Crippen LogP contribution in [-0.2, 0) is 9.59 Å². The van der Waals surface area contributed by atoms with E-state index in [4.69, 9.17) is 0 Å². The Bertz CT molecular complexity index is 753. The van der Waals surface area contributed by atoms with Crippen molar-refractivity contribution in [3.8, 4) is 0 Å². The van der Waals surface area contributed by atoms with Gasteiger partial charge in [0.1, 0.15) is 0 Å². The first kappa shape index (κ1) is 17.6. The van der Waals surface area contributed by atoms with E-state index >= 15 is 0 Å². The van der Waals surface area contributed by atoms with Crippen LogP contribution in [0, 0.1) is 5.82 Å². The maximum absolute atomic E-state index is 13.1. The van der Waals surface area contributed by atoms with Gasteiger partial charge in [-0.05, 0) is 19.3 Å². The standard InChI is InChI=1S/C14H17FN4O5/c15-9-8-19(14(24)17-12(9)22)13(23)16-6-2-1-3-7-18-10(20)4-5-11(18)21/h8H,1-7H2,(H,16,23)(H,17,22,24). The molecule has 2 N–H and O–H groups in total. The van der Waals surface area contributed by atoms with E-state index in [-0.39, 0.29) is 31.2 Å². The fourth-order valence-electron chi connectivity index (χ4n) is 2.32. The molecule has 0 unspecified atom stereocenters. The third kappa shape index (κ3) is 4.15. The Labute approximate surface area is 135 Å². The molecule has 0 spiro atoms. The van der Waals surface area contributed by atoms with Crippen molar-refractivity contribution in [3.63, 3.8) is 0 Å². The molecule has 130 valence electrons. The van der Waals surface area contributed by atoms with Crippen LogP contribution >= 0.6 is 0 Å². The van der Waals surface area contributed by atoms with E-state index in [0.29, 0.717) is 36.6 Å². The summed E-state index contributed by atoms with van der Waals surface area (Å²) < 4.78 is 13.5. The van der Waals surface area contributed by atoms with Crippen molar-refractivity contribution < 1.29 is 18.8 Å². The lowest BCUT2D eigenvalue weighted by molar-refractivity contribution is -0.138. The second-order valence-corrected chi connectivity index (χ2v) is 5.34. The number of aromatic amines is 1. The highest BCUT2D eigenvalue weighted by Crippen LogP contribution is 2.12. The number of nitrogens with zero attached hydrogens (tertiary/aromatic N) is 2. The number of rotatable bonds is 6. The Morgan fingerprint density at radius 2 is 1.79 bits per heavy atom. The van der Waals surface area contributed by atoms with Crippen LogP contribution in [0.2, 0.25) is 0 Å². The molecule has 1 aliphatic rings. The Morgan fingerprint density at radius 1 is 1.12 bits per heavy atom. The first-order valence-corrected chi connectivity index (χ1v) is 7.53. The number of carbonyl (C=O) groups excluding carboxylic acids is 3. The summed E-state index contributed by atoms with van der Waals surface area (Å²) in [5.41, 5.74) is -2.21. The molecule has 1 aromatic rings. The number of nitrogens with one attached hydrogen (secondary N) is 2. The lowest BCUT2D eigenvalue weighted by Crippen LogP contribution is -2.40. The fourth-order valence-corrected chi connectivity index (χ4v) is 2.32. The van der Waals surface area contributed by atoms with Gasteiger partial charge in [0.25, 0.3) is 5.56 Å². The predicted octanol–water partition coefficient (Wildman–Crippen LogP) is -0.447. The minimum Gasteiger partial charge on any atom is -0.337 e. The van der Waals surface area contributed by atoms with Gasteiger partial charge in [-0.3, -0.25) is 24.3 Å². The number of amides is 3. The highest BCUT2D eigenvalue weighted by Gasteiger charge is 2.27. The van der Waals surface area contributed by atoms with E-state index < -0.39 is 23.1 Å². The average Bonchev–Trinajstić information content (AvgIpc) is 2.85. The number of aromatic nitrogens is 2. The zero-order valence-corrected chi connectivity index (χ0v) is 12.8. The van der Waals surface area contributed by atoms with Crippen LogP contribution in [0.4, 0.5) is 9.18 Å². The maximum Gasteiger partial charge on any atom is 0.336 e. The number of unbranched alkanes of at least 4 members (excludes halogenated alkanes) is 2. The second kappa shape index (κ2) is 7.66. The summed E-state index contributed by atoms with van der Waals surface area (Å²) >= 11 is 0. The third-order valence-electron chi connectivity index (χ3n) is 3.61. The SMILES string of the molecule is O=C1CCC(=O)N1CCCCCNC(=O)n1cc(F)c(=O)[nH]c1=O. The van der Waals surface area contributed by atoms with Gasteiger partial charge in [-0.25, -0.2) is 14.2 Å². The quantitative estimate of drug-likeness (QED) is 0.537. The van der Waals surface area contributed by atoms with Gasteiger partial charge in [0.2, 0.25) is 17.6 Å². The van der Waals surface area contributed by atoms with Crippen LogP contribution in [0.25, 0.3) is 0 Å². The topological polar surface area (TPSA) is 121 Å². The summed E-state index contributed by atoms with van der Waals surface area (Å²) in [6.07, 6.45) is 2.88. The lowest BCUT2D eigenvalue weighted by atomic mass is 10.2. The van der Waals surface area contributed by atoms with Crippen LogP contribution in [0.1, 0.15) is 32.1 Å². The van der Waals surface area contributed by atoms with Gasteiger partial charge in [0.05, 0.1) is 6.20 Å². The highest BCUT2D eigenvalue weighted by atomic mass is 19.1. The van der Waals surface area contributed by atoms with Crippen LogP contribution in [0.15, 0.2) is 15.8 Å². The highest BCUT2D eigenvalue weighted by molar-refractivity contribution is 6.01. The molecule has 0 radical (unpaired) electrons. The van der Waals surface area contributed by atoms with Gasteiger partial charge in [-0.2, -0.15) is 4.39 Å². The zero-order valence-electron chi connectivity index (χ0n) is 12.8. The van der Waals surface area contributed by atoms with Crippen LogP contribution in [0.3, 0.4) is 0 Å². The summed E-state index contributed by atoms with van der Waals surface area (Å²) in [4.78, 5) is 59.7. The van der Waals surface area contributed by atoms with Crippen molar-refractivity contribution in [2.45, 2.75) is 32.1 Å². The second-order valence-electron chi connectivity index (χ2n) is 5.34. The van der Waals surface area contributed by atoms with Crippen molar-refractivity contribution in [3.05, 3.63) is 32.9 Å². The molecule has 9 nitrogen and oxygen atoms in total. The smallest absolute Gasteiger partial charge is 0.336 e. The largest absolute Gasteiger partial charge is 0.337 e. The summed E-state index contributed by atoms with van der Waals surface area (Å²) in [6, 6.07) is -0.847. The van der Waals surface area contributed by atoms with Crippen molar-refractivity contribution >= 4 is 17.8 Å². The monoisotopic (exact) mass is 340 g/mol. The molecule has 1 aliphatic heterocycles. The van der Waals surface area contributed by atoms with E-state index in [1.807, 2.05) is 0 Å². The lowest BCUT2D eigenvalue weighted by Gasteiger charge is -2.13. The average molecular weight is 340 g/mol. The maximum atomic E-state index is 13.1. The van der Waals surface area contributed by atoms with Crippen molar-refractivity contribution in [2.24, 2.45) is 0 Å². The molecule has 0 aliphatic carbocycles. The van der Waals surface area contributed by atoms with Gasteiger partial charge in [0, 0.05) is 25.9 Å². The van der Waals surface area contributed by atoms with Gasteiger partial charge < -0.3 is 5.32 Å². The molecule has 24 heavy (non-hydrogen) atoms. The predicted molar refractivity (Wildman–Crippen MR) is 79.9 cm³/mol. The van der Waals surface area contributed by atoms with E-state index in [0.717, 1.165) is 0 Å². The number of likely N-dealkylation sites (tertiary alicyclic amines) is 1. The number of imide groups is 1. The van der Waals surface area contributed by atoms with E-state index in [1.165, 1.54) is 4.90 Å². The molecule has 0 saturated carbocycles. The molecule has 0 bridgehead atoms. The minimum absolute atomic E-state index is 0.159. The summed E-state index contributed by atoms with van der Waals surface area (Å²) in [5.74, 6) is -1.55. The van der Waals surface area contributed by atoms with Crippen molar-refractivity contribution in [1.82, 2.24) is 19.8 Å². The van der Waals surface area contributed by atoms with Crippen LogP contribution < -0.4 is 16.6 Å². The Hall–Kier alpha value is -2.78. The van der Waals surface area contributed by atoms with Crippen molar-refractivity contribution in [1.29, 1.82) is 0 Å². The summed E-state index contributed by atoms with van der Waals surface area (Å²) in [7, 11) is 0. The Morgan fingerprint density at radius 3 is 2.46 bits per heavy atom. The number of hydrogen-bond acceptors (Lipinski definition) is 5. The Balaban J connectivity index is 1.71. The van der Waals surface area contributed by atoms with Gasteiger partial charge >= 0.3 is 11.7 Å². The van der Waals surface area contributed by atoms with Gasteiger partial charge in [-0.15, -0.1) is 0 Å². The first-order valence-electron chi connectivity index (χ1n) is 7.53. The normalized spacial score (nSPS) is 14.3. The zero-order chi connectivity index (χ0) is 17.7. The molecule has 0 atom stereocenters. The molecule has 1 saturated heterocycles. The molecule has 0 aromatic carbocycles. The fraction of sp³-hybridized carbons (Fsp3) is 0.500. The van der Waals surface area contributed by atoms with Crippen LogP contribution in [-0.4, -0.2) is 45.4 Å². The van der Waals surface area contributed by atoms with Crippen LogP contribution in [0.5, 0.6) is 0 Å². The third-order valence-corrected chi connectivity index (χ3v) is 3.61.